The molecule has 0 fully saturated rings. The van der Waals surface area contributed by atoms with Gasteiger partial charge in [-0.2, -0.15) is 5.21 Å². The van der Waals surface area contributed by atoms with Gasteiger partial charge in [0, 0.05) is 18.1 Å². The molecular weight excluding hydrogens is 390 g/mol. The molecule has 0 saturated carbocycles. The summed E-state index contributed by atoms with van der Waals surface area (Å²) in [5.74, 6) is 1.52. The van der Waals surface area contributed by atoms with Crippen LogP contribution < -0.4 is 5.56 Å². The number of nitrogens with one attached hydrogen (secondary N) is 2. The lowest BCUT2D eigenvalue weighted by Crippen LogP contribution is -2.10. The minimum absolute atomic E-state index is 0.109. The van der Waals surface area contributed by atoms with Gasteiger partial charge >= 0.3 is 0 Å². The number of nitrogens with zero attached hydrogens (tertiary/aromatic N) is 5. The quantitative estimate of drug-likeness (QED) is 0.461. The molecule has 0 bridgehead atoms. The highest BCUT2D eigenvalue weighted by Crippen LogP contribution is 2.30. The number of tetrazole rings is 1. The van der Waals surface area contributed by atoms with E-state index >= 15 is 0 Å². The van der Waals surface area contributed by atoms with Crippen molar-refractivity contribution < 1.29 is 0 Å². The van der Waals surface area contributed by atoms with Crippen LogP contribution in [0.2, 0.25) is 0 Å². The minimum Gasteiger partial charge on any atom is -0.310 e. The molecule has 2 aromatic carbocycles. The van der Waals surface area contributed by atoms with Gasteiger partial charge in [-0.3, -0.25) is 4.79 Å². The number of fused-ring (bicyclic) bond motifs is 1. The maximum Gasteiger partial charge on any atom is 0.249 e. The Balaban J connectivity index is 1.51. The third-order valence-corrected chi connectivity index (χ3v) is 5.44. The predicted octanol–water partition coefficient (Wildman–Crippen LogP) is 3.49. The SMILES string of the molecule is CCc1nc2c(C)cc(=O)[nH]c2n1Cc1ccc(-c2ccccc2-c2nn[nH]n2)cc1. The van der Waals surface area contributed by atoms with E-state index in [1.54, 1.807) is 6.07 Å². The number of aromatic amines is 2. The first-order valence-corrected chi connectivity index (χ1v) is 10.1. The summed E-state index contributed by atoms with van der Waals surface area (Å²) in [6, 6.07) is 18.0. The number of benzene rings is 2. The molecule has 8 nitrogen and oxygen atoms in total. The molecule has 0 aliphatic carbocycles. The van der Waals surface area contributed by atoms with Crippen molar-refractivity contribution in [3.8, 4) is 22.5 Å². The molecule has 154 valence electrons. The second-order valence-electron chi connectivity index (χ2n) is 7.46. The number of pyridine rings is 1. The van der Waals surface area contributed by atoms with Crippen molar-refractivity contribution in [1.29, 1.82) is 0 Å². The van der Waals surface area contributed by atoms with E-state index < -0.39 is 0 Å². The summed E-state index contributed by atoms with van der Waals surface area (Å²) in [5.41, 5.74) is 6.55. The van der Waals surface area contributed by atoms with E-state index in [9.17, 15) is 4.79 Å². The molecule has 0 aliphatic rings. The number of H-pyrrole nitrogens is 2. The Hall–Kier alpha value is -4.07. The normalized spacial score (nSPS) is 11.3. The van der Waals surface area contributed by atoms with Gasteiger partial charge in [0.2, 0.25) is 11.4 Å². The molecule has 3 heterocycles. The van der Waals surface area contributed by atoms with Crippen LogP contribution in [0, 0.1) is 6.92 Å². The molecule has 0 radical (unpaired) electrons. The Morgan fingerprint density at radius 2 is 1.81 bits per heavy atom. The van der Waals surface area contributed by atoms with Crippen molar-refractivity contribution in [1.82, 2.24) is 35.2 Å². The number of aryl methyl sites for hydroxylation is 2. The molecule has 5 aromatic rings. The molecule has 0 atom stereocenters. The van der Waals surface area contributed by atoms with Crippen molar-refractivity contribution in [3.05, 3.63) is 81.9 Å². The highest BCUT2D eigenvalue weighted by atomic mass is 16.1. The maximum atomic E-state index is 12.0. The van der Waals surface area contributed by atoms with Gasteiger partial charge in [0.1, 0.15) is 17.0 Å². The molecule has 31 heavy (non-hydrogen) atoms. The van der Waals surface area contributed by atoms with Crippen molar-refractivity contribution in [2.45, 2.75) is 26.8 Å². The monoisotopic (exact) mass is 411 g/mol. The van der Waals surface area contributed by atoms with E-state index in [0.717, 1.165) is 51.2 Å². The summed E-state index contributed by atoms with van der Waals surface area (Å²) in [7, 11) is 0. The second kappa shape index (κ2) is 7.64. The lowest BCUT2D eigenvalue weighted by atomic mass is 9.98. The van der Waals surface area contributed by atoms with E-state index in [1.807, 2.05) is 31.2 Å². The van der Waals surface area contributed by atoms with Crippen LogP contribution in [0.4, 0.5) is 0 Å². The first kappa shape index (κ1) is 18.9. The summed E-state index contributed by atoms with van der Waals surface area (Å²) >= 11 is 0. The zero-order valence-electron chi connectivity index (χ0n) is 17.3. The largest absolute Gasteiger partial charge is 0.310 e. The highest BCUT2D eigenvalue weighted by Gasteiger charge is 2.14. The second-order valence-corrected chi connectivity index (χ2v) is 7.46. The average molecular weight is 411 g/mol. The summed E-state index contributed by atoms with van der Waals surface area (Å²) in [6.45, 7) is 4.62. The lowest BCUT2D eigenvalue weighted by Gasteiger charge is -2.10. The van der Waals surface area contributed by atoms with Crippen molar-refractivity contribution in [2.24, 2.45) is 0 Å². The van der Waals surface area contributed by atoms with Gasteiger partial charge in [-0.15, -0.1) is 10.2 Å². The van der Waals surface area contributed by atoms with Gasteiger partial charge in [0.25, 0.3) is 0 Å². The smallest absolute Gasteiger partial charge is 0.249 e. The van der Waals surface area contributed by atoms with Gasteiger partial charge in [-0.25, -0.2) is 4.98 Å². The van der Waals surface area contributed by atoms with E-state index in [2.05, 4.69) is 61.4 Å². The van der Waals surface area contributed by atoms with E-state index in [-0.39, 0.29) is 5.56 Å². The van der Waals surface area contributed by atoms with Crippen LogP contribution in [0.15, 0.2) is 59.4 Å². The number of rotatable bonds is 5. The van der Waals surface area contributed by atoms with Crippen LogP contribution in [0.1, 0.15) is 23.9 Å². The Kier molecular flexibility index (Phi) is 4.66. The topological polar surface area (TPSA) is 105 Å². The first-order chi connectivity index (χ1) is 15.1. The number of imidazole rings is 1. The van der Waals surface area contributed by atoms with Gasteiger partial charge in [-0.1, -0.05) is 55.5 Å². The van der Waals surface area contributed by atoms with Crippen LogP contribution in [0.5, 0.6) is 0 Å². The van der Waals surface area contributed by atoms with Gasteiger partial charge in [0.15, 0.2) is 0 Å². The number of hydrogen-bond acceptors (Lipinski definition) is 5. The molecule has 5 rings (SSSR count). The lowest BCUT2D eigenvalue weighted by molar-refractivity contribution is 0.745. The molecule has 0 amide bonds. The molecular formula is C23H21N7O. The molecule has 8 heteroatoms. The average Bonchev–Trinajstić information content (AvgIpc) is 3.43. The zero-order valence-corrected chi connectivity index (χ0v) is 17.3. The first-order valence-electron chi connectivity index (χ1n) is 10.1. The fourth-order valence-corrected chi connectivity index (χ4v) is 3.94. The van der Waals surface area contributed by atoms with Crippen LogP contribution in [0.25, 0.3) is 33.7 Å². The molecule has 0 unspecified atom stereocenters. The molecule has 2 N–H and O–H groups in total. The molecule has 0 spiro atoms. The van der Waals surface area contributed by atoms with Crippen molar-refractivity contribution in [2.75, 3.05) is 0 Å². The third kappa shape index (κ3) is 3.42. The third-order valence-electron chi connectivity index (χ3n) is 5.44. The van der Waals surface area contributed by atoms with E-state index in [1.165, 1.54) is 0 Å². The van der Waals surface area contributed by atoms with Crippen LogP contribution in [-0.2, 0) is 13.0 Å². The van der Waals surface area contributed by atoms with Crippen LogP contribution >= 0.6 is 0 Å². The molecule has 0 aliphatic heterocycles. The maximum absolute atomic E-state index is 12.0. The Morgan fingerprint density at radius 1 is 1.03 bits per heavy atom. The Bertz CT molecular complexity index is 1410. The number of aromatic nitrogens is 7. The fourth-order valence-electron chi connectivity index (χ4n) is 3.94. The Labute approximate surface area is 178 Å². The minimum atomic E-state index is -0.109. The summed E-state index contributed by atoms with van der Waals surface area (Å²) in [4.78, 5) is 19.7. The van der Waals surface area contributed by atoms with E-state index in [4.69, 9.17) is 4.98 Å². The fraction of sp³-hybridized carbons (Fsp3) is 0.174. The van der Waals surface area contributed by atoms with Gasteiger partial charge in [0.05, 0.1) is 6.54 Å². The standard InChI is InChI=1S/C23H21N7O/c1-3-19-24-21-14(2)12-20(31)25-23(21)30(19)13-15-8-10-16(11-9-15)17-6-4-5-7-18(17)22-26-28-29-27-22/h4-12H,3,13H2,1-2H3,(H,25,31)(H,26,27,28,29). The molecule has 3 aromatic heterocycles. The zero-order chi connectivity index (χ0) is 21.4. The molecule has 0 saturated heterocycles. The van der Waals surface area contributed by atoms with E-state index in [0.29, 0.717) is 12.4 Å². The summed E-state index contributed by atoms with van der Waals surface area (Å²) in [5, 5.41) is 14.4. The van der Waals surface area contributed by atoms with Crippen LogP contribution in [-0.4, -0.2) is 35.2 Å². The summed E-state index contributed by atoms with van der Waals surface area (Å²) in [6.07, 6.45) is 0.784. The van der Waals surface area contributed by atoms with Crippen molar-refractivity contribution >= 4 is 11.2 Å². The highest BCUT2D eigenvalue weighted by molar-refractivity contribution is 5.80. The summed E-state index contributed by atoms with van der Waals surface area (Å²) < 4.78 is 2.09. The van der Waals surface area contributed by atoms with Gasteiger partial charge < -0.3 is 9.55 Å². The Morgan fingerprint density at radius 3 is 2.52 bits per heavy atom. The van der Waals surface area contributed by atoms with Gasteiger partial charge in [-0.05, 0) is 34.4 Å². The van der Waals surface area contributed by atoms with Crippen LogP contribution in [0.3, 0.4) is 0 Å². The number of hydrogen-bond donors (Lipinski definition) is 2. The predicted molar refractivity (Wildman–Crippen MR) is 119 cm³/mol. The van der Waals surface area contributed by atoms with Crippen molar-refractivity contribution in [3.63, 3.8) is 0 Å².